The van der Waals surface area contributed by atoms with Gasteiger partial charge in [-0.1, -0.05) is 11.6 Å². The Morgan fingerprint density at radius 3 is 2.67 bits per heavy atom. The molecule has 0 amide bonds. The van der Waals surface area contributed by atoms with E-state index in [2.05, 4.69) is 16.7 Å². The van der Waals surface area contributed by atoms with Gasteiger partial charge in [0.25, 0.3) is 0 Å². The van der Waals surface area contributed by atoms with E-state index >= 15 is 0 Å². The minimum Gasteiger partial charge on any atom is -0.409 e. The Morgan fingerprint density at radius 1 is 1.27 bits per heavy atom. The first kappa shape index (κ1) is 14.6. The topological polar surface area (TPSA) is 70.6 Å². The van der Waals surface area contributed by atoms with Crippen LogP contribution in [0, 0.1) is 0 Å². The third-order valence-corrected chi connectivity index (χ3v) is 2.81. The SMILES string of the molecule is CSCCCCCNCCCC(N)=NO. The van der Waals surface area contributed by atoms with Crippen molar-refractivity contribution in [1.29, 1.82) is 0 Å². The molecule has 0 aliphatic rings. The van der Waals surface area contributed by atoms with E-state index in [4.69, 9.17) is 10.9 Å². The standard InChI is InChI=1S/C10H23N3OS/c1-15-9-4-2-3-7-12-8-5-6-10(11)13-14/h12,14H,2-9H2,1H3,(H2,11,13). The Morgan fingerprint density at radius 2 is 2.00 bits per heavy atom. The van der Waals surface area contributed by atoms with Gasteiger partial charge in [-0.2, -0.15) is 11.8 Å². The van der Waals surface area contributed by atoms with E-state index in [0.29, 0.717) is 12.3 Å². The largest absolute Gasteiger partial charge is 0.409 e. The number of thioether (sulfide) groups is 1. The van der Waals surface area contributed by atoms with Gasteiger partial charge in [0.1, 0.15) is 5.84 Å². The van der Waals surface area contributed by atoms with Gasteiger partial charge < -0.3 is 16.3 Å². The van der Waals surface area contributed by atoms with Gasteiger partial charge in [-0.3, -0.25) is 0 Å². The van der Waals surface area contributed by atoms with Crippen molar-refractivity contribution in [3.63, 3.8) is 0 Å². The Bertz CT molecular complexity index is 165. The third-order valence-electron chi connectivity index (χ3n) is 2.12. The molecule has 0 atom stereocenters. The van der Waals surface area contributed by atoms with E-state index < -0.39 is 0 Å². The van der Waals surface area contributed by atoms with Gasteiger partial charge in [0.05, 0.1) is 0 Å². The molecule has 0 heterocycles. The lowest BCUT2D eigenvalue weighted by molar-refractivity contribution is 0.316. The average molecular weight is 233 g/mol. The molecule has 0 aliphatic heterocycles. The van der Waals surface area contributed by atoms with Crippen LogP contribution >= 0.6 is 11.8 Å². The van der Waals surface area contributed by atoms with Crippen molar-refractivity contribution in [2.24, 2.45) is 10.9 Å². The van der Waals surface area contributed by atoms with Crippen LogP contribution in [0.2, 0.25) is 0 Å². The van der Waals surface area contributed by atoms with Crippen LogP contribution in [0.15, 0.2) is 5.16 Å². The number of hydrogen-bond acceptors (Lipinski definition) is 4. The van der Waals surface area contributed by atoms with Gasteiger partial charge in [-0.15, -0.1) is 0 Å². The molecule has 0 radical (unpaired) electrons. The van der Waals surface area contributed by atoms with Crippen molar-refractivity contribution in [2.75, 3.05) is 25.1 Å². The summed E-state index contributed by atoms with van der Waals surface area (Å²) in [4.78, 5) is 0. The molecule has 90 valence electrons. The lowest BCUT2D eigenvalue weighted by Crippen LogP contribution is -2.19. The van der Waals surface area contributed by atoms with Crippen LogP contribution in [-0.4, -0.2) is 36.1 Å². The van der Waals surface area contributed by atoms with Crippen LogP contribution in [-0.2, 0) is 0 Å². The highest BCUT2D eigenvalue weighted by Crippen LogP contribution is 2.01. The summed E-state index contributed by atoms with van der Waals surface area (Å²) in [5, 5.41) is 14.6. The highest BCUT2D eigenvalue weighted by molar-refractivity contribution is 7.98. The van der Waals surface area contributed by atoms with Crippen molar-refractivity contribution in [2.45, 2.75) is 32.1 Å². The Hall–Kier alpha value is -0.420. The van der Waals surface area contributed by atoms with Crippen molar-refractivity contribution in [3.05, 3.63) is 0 Å². The van der Waals surface area contributed by atoms with Crippen LogP contribution in [0.4, 0.5) is 0 Å². The van der Waals surface area contributed by atoms with E-state index in [0.717, 1.165) is 19.5 Å². The number of nitrogens with two attached hydrogens (primary N) is 1. The van der Waals surface area contributed by atoms with Gasteiger partial charge >= 0.3 is 0 Å². The van der Waals surface area contributed by atoms with Crippen LogP contribution in [0.5, 0.6) is 0 Å². The zero-order valence-electron chi connectivity index (χ0n) is 9.54. The van der Waals surface area contributed by atoms with Gasteiger partial charge in [0, 0.05) is 6.42 Å². The number of rotatable bonds is 10. The normalized spacial score (nSPS) is 11.9. The number of oxime groups is 1. The molecule has 5 heteroatoms. The maximum Gasteiger partial charge on any atom is 0.139 e. The summed E-state index contributed by atoms with van der Waals surface area (Å²) < 4.78 is 0. The molecule has 4 N–H and O–H groups in total. The second-order valence-electron chi connectivity index (χ2n) is 3.50. The summed E-state index contributed by atoms with van der Waals surface area (Å²) in [5.41, 5.74) is 5.34. The first-order valence-electron chi connectivity index (χ1n) is 5.47. The highest BCUT2D eigenvalue weighted by atomic mass is 32.2. The molecule has 0 spiro atoms. The first-order valence-corrected chi connectivity index (χ1v) is 6.86. The van der Waals surface area contributed by atoms with Crippen molar-refractivity contribution in [1.82, 2.24) is 5.32 Å². The second-order valence-corrected chi connectivity index (χ2v) is 4.48. The fourth-order valence-corrected chi connectivity index (χ4v) is 1.74. The number of hydrogen-bond donors (Lipinski definition) is 3. The van der Waals surface area contributed by atoms with E-state index in [-0.39, 0.29) is 0 Å². The summed E-state index contributed by atoms with van der Waals surface area (Å²) in [6, 6.07) is 0. The van der Waals surface area contributed by atoms with E-state index in [1.165, 1.54) is 25.0 Å². The molecule has 0 unspecified atom stereocenters. The molecule has 0 bridgehead atoms. The molecule has 0 aromatic heterocycles. The molecule has 0 aromatic rings. The maximum absolute atomic E-state index is 8.30. The highest BCUT2D eigenvalue weighted by Gasteiger charge is 1.93. The fraction of sp³-hybridized carbons (Fsp3) is 0.900. The molecule has 0 saturated heterocycles. The van der Waals surface area contributed by atoms with Crippen molar-refractivity contribution >= 4 is 17.6 Å². The Balaban J connectivity index is 2.99. The number of amidine groups is 1. The van der Waals surface area contributed by atoms with Crippen LogP contribution in [0.1, 0.15) is 32.1 Å². The minimum atomic E-state index is 0.316. The van der Waals surface area contributed by atoms with Crippen molar-refractivity contribution < 1.29 is 5.21 Å². The molecular weight excluding hydrogens is 210 g/mol. The fourth-order valence-electron chi connectivity index (χ4n) is 1.24. The van der Waals surface area contributed by atoms with Gasteiger partial charge in [-0.25, -0.2) is 0 Å². The summed E-state index contributed by atoms with van der Waals surface area (Å²) in [5.74, 6) is 1.58. The van der Waals surface area contributed by atoms with Gasteiger partial charge in [0.15, 0.2) is 0 Å². The maximum atomic E-state index is 8.30. The smallest absolute Gasteiger partial charge is 0.139 e. The number of unbranched alkanes of at least 4 members (excludes halogenated alkanes) is 2. The summed E-state index contributed by atoms with van der Waals surface area (Å²) >= 11 is 1.91. The Kier molecular flexibility index (Phi) is 11.3. The monoisotopic (exact) mass is 233 g/mol. The van der Waals surface area contributed by atoms with Crippen molar-refractivity contribution in [3.8, 4) is 0 Å². The quantitative estimate of drug-likeness (QED) is 0.176. The first-order chi connectivity index (χ1) is 7.31. The minimum absolute atomic E-state index is 0.316. The van der Waals surface area contributed by atoms with Gasteiger partial charge in [-0.05, 0) is 44.4 Å². The summed E-state index contributed by atoms with van der Waals surface area (Å²) in [6.07, 6.45) is 7.59. The molecule has 15 heavy (non-hydrogen) atoms. The predicted molar refractivity (Wildman–Crippen MR) is 67.7 cm³/mol. The predicted octanol–water partition coefficient (Wildman–Crippen LogP) is 1.64. The second kappa shape index (κ2) is 11.7. The molecule has 0 aliphatic carbocycles. The summed E-state index contributed by atoms with van der Waals surface area (Å²) in [6.45, 7) is 2.02. The molecule has 0 aromatic carbocycles. The number of nitrogens with one attached hydrogen (secondary N) is 1. The lowest BCUT2D eigenvalue weighted by Gasteiger charge is -2.03. The lowest BCUT2D eigenvalue weighted by atomic mass is 10.2. The molecule has 0 saturated carbocycles. The molecular formula is C10H23N3OS. The molecule has 0 rings (SSSR count). The molecule has 0 fully saturated rings. The molecule has 4 nitrogen and oxygen atoms in total. The number of nitrogens with zero attached hydrogens (tertiary/aromatic N) is 1. The van der Waals surface area contributed by atoms with E-state index in [1.54, 1.807) is 0 Å². The Labute approximate surface area is 96.7 Å². The van der Waals surface area contributed by atoms with Crippen LogP contribution in [0.25, 0.3) is 0 Å². The van der Waals surface area contributed by atoms with E-state index in [1.807, 2.05) is 11.8 Å². The zero-order valence-corrected chi connectivity index (χ0v) is 10.4. The van der Waals surface area contributed by atoms with Crippen LogP contribution in [0.3, 0.4) is 0 Å². The van der Waals surface area contributed by atoms with Gasteiger partial charge in [0.2, 0.25) is 0 Å². The average Bonchev–Trinajstić information content (AvgIpc) is 2.26. The van der Waals surface area contributed by atoms with E-state index in [9.17, 15) is 0 Å². The van der Waals surface area contributed by atoms with Crippen LogP contribution < -0.4 is 11.1 Å². The third kappa shape index (κ3) is 11.5. The zero-order chi connectivity index (χ0) is 11.4. The summed E-state index contributed by atoms with van der Waals surface area (Å²) in [7, 11) is 0.